The molecule has 1 aromatic carbocycles. The molecule has 5 heteroatoms. The van der Waals surface area contributed by atoms with Crippen LogP contribution in [-0.4, -0.2) is 15.3 Å². The summed E-state index contributed by atoms with van der Waals surface area (Å²) in [6.07, 6.45) is 3.60. The maximum atomic E-state index is 10.3. The molecule has 1 heterocycles. The molecule has 0 unspecified atom stereocenters. The number of aliphatic hydroxyl groups is 1. The van der Waals surface area contributed by atoms with Crippen molar-refractivity contribution in [2.75, 3.05) is 5.73 Å². The molecule has 0 radical (unpaired) electrons. The zero-order chi connectivity index (χ0) is 13.2. The van der Waals surface area contributed by atoms with Gasteiger partial charge in [-0.2, -0.15) is 0 Å². The number of rotatable bonds is 2. The number of aliphatic hydroxyl groups excluding tert-OH is 1. The Morgan fingerprint density at radius 3 is 2.63 bits per heavy atom. The van der Waals surface area contributed by atoms with E-state index in [4.69, 9.17) is 5.73 Å². The average Bonchev–Trinajstić information content (AvgIpc) is 2.99. The lowest BCUT2D eigenvalue weighted by Gasteiger charge is -1.99. The number of nitrogens with zero attached hydrogens (tertiary/aromatic N) is 2. The third-order valence-corrected chi connectivity index (χ3v) is 3.89. The van der Waals surface area contributed by atoms with Crippen LogP contribution in [0.1, 0.15) is 23.4 Å². The first-order chi connectivity index (χ1) is 9.24. The van der Waals surface area contributed by atoms with E-state index in [0.717, 1.165) is 29.6 Å². The topological polar surface area (TPSA) is 72.0 Å². The Bertz CT molecular complexity index is 658. The van der Waals surface area contributed by atoms with Crippen LogP contribution in [0.15, 0.2) is 41.7 Å². The number of hydrogen-bond acceptors (Lipinski definition) is 5. The zero-order valence-electron chi connectivity index (χ0n) is 10.2. The lowest BCUT2D eigenvalue weighted by molar-refractivity contribution is 0.429. The predicted molar refractivity (Wildman–Crippen MR) is 77.5 cm³/mol. The first-order valence-corrected chi connectivity index (χ1v) is 6.83. The van der Waals surface area contributed by atoms with Gasteiger partial charge in [0, 0.05) is 5.57 Å². The second kappa shape index (κ2) is 4.85. The summed E-state index contributed by atoms with van der Waals surface area (Å²) in [5.41, 5.74) is 8.44. The Morgan fingerprint density at radius 2 is 1.95 bits per heavy atom. The number of benzene rings is 1. The number of anilines is 1. The van der Waals surface area contributed by atoms with Crippen molar-refractivity contribution in [1.82, 2.24) is 10.2 Å². The summed E-state index contributed by atoms with van der Waals surface area (Å²) in [6, 6.07) is 9.97. The van der Waals surface area contributed by atoms with Gasteiger partial charge in [-0.25, -0.2) is 0 Å². The molecule has 3 rings (SSSR count). The van der Waals surface area contributed by atoms with E-state index in [1.807, 2.05) is 36.4 Å². The fraction of sp³-hybridized carbons (Fsp3) is 0.143. The lowest BCUT2D eigenvalue weighted by atomic mass is 10.1. The molecule has 1 aliphatic rings. The number of aromatic nitrogens is 2. The van der Waals surface area contributed by atoms with E-state index < -0.39 is 0 Å². The molecule has 0 spiro atoms. The van der Waals surface area contributed by atoms with E-state index >= 15 is 0 Å². The van der Waals surface area contributed by atoms with Gasteiger partial charge < -0.3 is 10.8 Å². The quantitative estimate of drug-likeness (QED) is 0.879. The van der Waals surface area contributed by atoms with Gasteiger partial charge in [0.15, 0.2) is 0 Å². The third-order valence-electron chi connectivity index (χ3n) is 3.07. The molecular weight excluding hydrogens is 258 g/mol. The van der Waals surface area contributed by atoms with Gasteiger partial charge in [0.05, 0.1) is 0 Å². The molecule has 1 aliphatic carbocycles. The summed E-state index contributed by atoms with van der Waals surface area (Å²) in [5, 5.41) is 19.2. The minimum Gasteiger partial charge on any atom is -0.507 e. The zero-order valence-corrected chi connectivity index (χ0v) is 11.0. The van der Waals surface area contributed by atoms with Gasteiger partial charge in [-0.1, -0.05) is 41.7 Å². The summed E-state index contributed by atoms with van der Waals surface area (Å²) >= 11 is 1.31. The summed E-state index contributed by atoms with van der Waals surface area (Å²) in [6.45, 7) is 0. The predicted octanol–water partition coefficient (Wildman–Crippen LogP) is 3.27. The van der Waals surface area contributed by atoms with Crippen molar-refractivity contribution in [3.63, 3.8) is 0 Å². The second-order valence-electron chi connectivity index (χ2n) is 4.35. The van der Waals surface area contributed by atoms with Crippen LogP contribution in [0.5, 0.6) is 0 Å². The summed E-state index contributed by atoms with van der Waals surface area (Å²) in [5.74, 6) is 0.319. The van der Waals surface area contributed by atoms with E-state index in [1.54, 1.807) is 0 Å². The van der Waals surface area contributed by atoms with Crippen molar-refractivity contribution in [3.8, 4) is 0 Å². The van der Waals surface area contributed by atoms with E-state index in [2.05, 4.69) is 10.2 Å². The molecule has 0 saturated carbocycles. The van der Waals surface area contributed by atoms with Gasteiger partial charge >= 0.3 is 0 Å². The van der Waals surface area contributed by atoms with Crippen molar-refractivity contribution in [2.45, 2.75) is 12.8 Å². The van der Waals surface area contributed by atoms with Crippen LogP contribution in [0.3, 0.4) is 0 Å². The molecule has 0 bridgehead atoms. The van der Waals surface area contributed by atoms with Crippen LogP contribution in [0.2, 0.25) is 0 Å². The van der Waals surface area contributed by atoms with Crippen LogP contribution < -0.4 is 5.73 Å². The maximum absolute atomic E-state index is 10.3. The minimum absolute atomic E-state index is 0.319. The minimum atomic E-state index is 0.319. The van der Waals surface area contributed by atoms with Crippen molar-refractivity contribution in [3.05, 3.63) is 52.2 Å². The van der Waals surface area contributed by atoms with E-state index in [9.17, 15) is 5.11 Å². The highest BCUT2D eigenvalue weighted by molar-refractivity contribution is 7.16. The first kappa shape index (κ1) is 11.9. The second-order valence-corrected chi connectivity index (χ2v) is 5.36. The molecular formula is C14H13N3OS. The normalized spacial score (nSPS) is 17.4. The monoisotopic (exact) mass is 271 g/mol. The molecule has 1 aromatic heterocycles. The van der Waals surface area contributed by atoms with Crippen molar-refractivity contribution < 1.29 is 5.11 Å². The van der Waals surface area contributed by atoms with Gasteiger partial charge in [0.25, 0.3) is 0 Å². The molecule has 0 amide bonds. The molecule has 0 fully saturated rings. The van der Waals surface area contributed by atoms with Gasteiger partial charge in [-0.05, 0) is 30.1 Å². The van der Waals surface area contributed by atoms with Crippen LogP contribution in [0, 0.1) is 0 Å². The lowest BCUT2D eigenvalue weighted by Crippen LogP contribution is -1.85. The molecule has 0 aliphatic heterocycles. The SMILES string of the molecule is Nc1nnc(C2=C(O)/C(=C/c3ccccc3)CC2)s1. The summed E-state index contributed by atoms with van der Waals surface area (Å²) < 4.78 is 0. The first-order valence-electron chi connectivity index (χ1n) is 6.01. The van der Waals surface area contributed by atoms with Crippen LogP contribution >= 0.6 is 11.3 Å². The Hall–Kier alpha value is -2.14. The average molecular weight is 271 g/mol. The van der Waals surface area contributed by atoms with E-state index in [0.29, 0.717) is 15.9 Å². The van der Waals surface area contributed by atoms with Gasteiger partial charge in [0.2, 0.25) is 5.13 Å². The summed E-state index contributed by atoms with van der Waals surface area (Å²) in [4.78, 5) is 0. The van der Waals surface area contributed by atoms with E-state index in [1.165, 1.54) is 11.3 Å². The Morgan fingerprint density at radius 1 is 1.16 bits per heavy atom. The van der Waals surface area contributed by atoms with Crippen LogP contribution in [0.25, 0.3) is 11.6 Å². The number of hydrogen-bond donors (Lipinski definition) is 2. The molecule has 19 heavy (non-hydrogen) atoms. The Balaban J connectivity index is 1.95. The van der Waals surface area contributed by atoms with Crippen molar-refractivity contribution in [2.24, 2.45) is 0 Å². The number of allylic oxidation sites excluding steroid dienone is 2. The molecule has 4 nitrogen and oxygen atoms in total. The standard InChI is InChI=1S/C14H13N3OS/c15-14-17-16-13(19-14)11-7-6-10(12(11)18)8-9-4-2-1-3-5-9/h1-5,8,18H,6-7H2,(H2,15,17)/b10-8+. The molecule has 0 saturated heterocycles. The van der Waals surface area contributed by atoms with E-state index in [-0.39, 0.29) is 0 Å². The molecule has 2 aromatic rings. The fourth-order valence-electron chi connectivity index (χ4n) is 2.15. The summed E-state index contributed by atoms with van der Waals surface area (Å²) in [7, 11) is 0. The largest absolute Gasteiger partial charge is 0.507 e. The van der Waals surface area contributed by atoms with Gasteiger partial charge in [-0.15, -0.1) is 10.2 Å². The third kappa shape index (κ3) is 2.37. The maximum Gasteiger partial charge on any atom is 0.203 e. The highest BCUT2D eigenvalue weighted by atomic mass is 32.1. The van der Waals surface area contributed by atoms with Crippen LogP contribution in [0.4, 0.5) is 5.13 Å². The highest BCUT2D eigenvalue weighted by Gasteiger charge is 2.23. The Kier molecular flexibility index (Phi) is 3.05. The number of nitrogen functional groups attached to an aromatic ring is 1. The fourth-order valence-corrected chi connectivity index (χ4v) is 2.83. The van der Waals surface area contributed by atoms with Crippen LogP contribution in [-0.2, 0) is 0 Å². The number of nitrogens with two attached hydrogens (primary N) is 1. The van der Waals surface area contributed by atoms with Crippen molar-refractivity contribution >= 4 is 28.1 Å². The highest BCUT2D eigenvalue weighted by Crippen LogP contribution is 2.38. The smallest absolute Gasteiger partial charge is 0.203 e. The van der Waals surface area contributed by atoms with Gasteiger partial charge in [0.1, 0.15) is 10.8 Å². The molecule has 0 atom stereocenters. The Labute approximate surface area is 114 Å². The van der Waals surface area contributed by atoms with Gasteiger partial charge in [-0.3, -0.25) is 0 Å². The molecule has 96 valence electrons. The van der Waals surface area contributed by atoms with Crippen molar-refractivity contribution in [1.29, 1.82) is 0 Å². The molecule has 3 N–H and O–H groups in total.